The molecule has 0 atom stereocenters. The summed E-state index contributed by atoms with van der Waals surface area (Å²) < 4.78 is 26.1. The van der Waals surface area contributed by atoms with Crippen LogP contribution in [-0.2, 0) is 4.79 Å². The number of unbranched alkanes of at least 4 members (excludes halogenated alkanes) is 10. The molecule has 1 saturated heterocycles. The Morgan fingerprint density at radius 2 is 1.26 bits per heavy atom. The maximum absolute atomic E-state index is 13.1. The Kier molecular flexibility index (Phi) is 12.0. The molecule has 1 aliphatic rings. The smallest absolute Gasteiger partial charge is 0.317 e. The average molecular weight is 391 g/mol. The van der Waals surface area contributed by atoms with Crippen molar-refractivity contribution >= 4 is 12.0 Å². The SMILES string of the molecule is O=C(O)CCCCCCCCCCCCCNC(=O)N1CCC(F)(F)CC1. The third-order valence-corrected chi connectivity index (χ3v) is 5.13. The van der Waals surface area contributed by atoms with Gasteiger partial charge in [0.15, 0.2) is 0 Å². The number of amides is 2. The van der Waals surface area contributed by atoms with Crippen LogP contribution in [-0.4, -0.2) is 47.6 Å². The number of nitrogens with one attached hydrogen (secondary N) is 1. The van der Waals surface area contributed by atoms with Crippen LogP contribution >= 0.6 is 0 Å². The Morgan fingerprint density at radius 3 is 1.74 bits per heavy atom. The van der Waals surface area contributed by atoms with E-state index in [1.807, 2.05) is 0 Å². The first-order chi connectivity index (χ1) is 12.9. The molecular weight excluding hydrogens is 354 g/mol. The lowest BCUT2D eigenvalue weighted by atomic mass is 10.1. The topological polar surface area (TPSA) is 69.6 Å². The van der Waals surface area contributed by atoms with Gasteiger partial charge in [-0.1, -0.05) is 57.8 Å². The van der Waals surface area contributed by atoms with Crippen molar-refractivity contribution < 1.29 is 23.5 Å². The van der Waals surface area contributed by atoms with Gasteiger partial charge in [0.25, 0.3) is 5.92 Å². The molecule has 158 valence electrons. The van der Waals surface area contributed by atoms with Crippen molar-refractivity contribution in [1.82, 2.24) is 10.2 Å². The minimum atomic E-state index is -2.61. The zero-order valence-corrected chi connectivity index (χ0v) is 16.5. The van der Waals surface area contributed by atoms with Crippen LogP contribution in [0.15, 0.2) is 0 Å². The van der Waals surface area contributed by atoms with Crippen molar-refractivity contribution in [2.24, 2.45) is 0 Å². The predicted molar refractivity (Wildman–Crippen MR) is 102 cm³/mol. The third kappa shape index (κ3) is 12.6. The van der Waals surface area contributed by atoms with Crippen molar-refractivity contribution in [3.05, 3.63) is 0 Å². The molecule has 5 nitrogen and oxygen atoms in total. The zero-order chi connectivity index (χ0) is 20.0. The first-order valence-corrected chi connectivity index (χ1v) is 10.5. The number of rotatable bonds is 14. The minimum Gasteiger partial charge on any atom is -0.481 e. The van der Waals surface area contributed by atoms with Gasteiger partial charge in [-0.05, 0) is 12.8 Å². The van der Waals surface area contributed by atoms with E-state index in [0.717, 1.165) is 38.5 Å². The summed E-state index contributed by atoms with van der Waals surface area (Å²) in [4.78, 5) is 23.8. The van der Waals surface area contributed by atoms with Crippen LogP contribution in [0.4, 0.5) is 13.6 Å². The van der Waals surface area contributed by atoms with Crippen LogP contribution in [0.1, 0.15) is 89.9 Å². The molecule has 0 unspecified atom stereocenters. The summed E-state index contributed by atoms with van der Waals surface area (Å²) in [6.07, 6.45) is 12.0. The van der Waals surface area contributed by atoms with E-state index >= 15 is 0 Å². The second-order valence-electron chi connectivity index (χ2n) is 7.61. The number of hydrogen-bond donors (Lipinski definition) is 2. The minimum absolute atomic E-state index is 0.137. The van der Waals surface area contributed by atoms with Crippen LogP contribution in [0.5, 0.6) is 0 Å². The van der Waals surface area contributed by atoms with Crippen molar-refractivity contribution in [1.29, 1.82) is 0 Å². The Balaban J connectivity index is 1.81. The number of carbonyl (C=O) groups is 2. The van der Waals surface area contributed by atoms with Crippen molar-refractivity contribution in [2.75, 3.05) is 19.6 Å². The average Bonchev–Trinajstić information content (AvgIpc) is 2.61. The van der Waals surface area contributed by atoms with Crippen LogP contribution in [0.25, 0.3) is 0 Å². The Hall–Kier alpha value is -1.40. The quantitative estimate of drug-likeness (QED) is 0.401. The number of urea groups is 1. The number of aliphatic carboxylic acids is 1. The van der Waals surface area contributed by atoms with Crippen molar-refractivity contribution in [2.45, 2.75) is 95.8 Å². The van der Waals surface area contributed by atoms with Crippen molar-refractivity contribution in [3.63, 3.8) is 0 Å². The summed E-state index contributed by atoms with van der Waals surface area (Å²) in [7, 11) is 0. The monoisotopic (exact) mass is 390 g/mol. The molecular formula is C20H36F2N2O3. The highest BCUT2D eigenvalue weighted by atomic mass is 19.3. The van der Waals surface area contributed by atoms with Gasteiger partial charge >= 0.3 is 12.0 Å². The van der Waals surface area contributed by atoms with Crippen LogP contribution in [0.3, 0.4) is 0 Å². The molecule has 0 aromatic heterocycles. The lowest BCUT2D eigenvalue weighted by Crippen LogP contribution is -2.47. The van der Waals surface area contributed by atoms with Gasteiger partial charge in [-0.2, -0.15) is 0 Å². The second kappa shape index (κ2) is 13.7. The molecule has 0 spiro atoms. The van der Waals surface area contributed by atoms with Gasteiger partial charge in [0, 0.05) is 38.9 Å². The van der Waals surface area contributed by atoms with E-state index in [4.69, 9.17) is 5.11 Å². The summed E-state index contributed by atoms with van der Waals surface area (Å²) in [5, 5.41) is 11.4. The van der Waals surface area contributed by atoms with Crippen LogP contribution in [0, 0.1) is 0 Å². The van der Waals surface area contributed by atoms with E-state index in [2.05, 4.69) is 5.32 Å². The van der Waals surface area contributed by atoms with Gasteiger partial charge in [0.1, 0.15) is 0 Å². The largest absolute Gasteiger partial charge is 0.481 e. The Bertz CT molecular complexity index is 423. The number of carboxylic acids is 1. The summed E-state index contributed by atoms with van der Waals surface area (Å²) in [5.74, 6) is -3.32. The fourth-order valence-electron chi connectivity index (χ4n) is 3.34. The first kappa shape index (κ1) is 23.6. The molecule has 2 amide bonds. The summed E-state index contributed by atoms with van der Waals surface area (Å²) in [6.45, 7) is 0.888. The molecule has 2 N–H and O–H groups in total. The summed E-state index contributed by atoms with van der Waals surface area (Å²) in [5.41, 5.74) is 0. The van der Waals surface area contributed by atoms with Crippen LogP contribution < -0.4 is 5.32 Å². The fraction of sp³-hybridized carbons (Fsp3) is 0.900. The molecule has 1 fully saturated rings. The molecule has 0 aromatic rings. The van der Waals surface area contributed by atoms with E-state index in [9.17, 15) is 18.4 Å². The maximum Gasteiger partial charge on any atom is 0.317 e. The molecule has 0 radical (unpaired) electrons. The predicted octanol–water partition coefficient (Wildman–Crippen LogP) is 5.19. The lowest BCUT2D eigenvalue weighted by molar-refractivity contribution is -0.137. The highest BCUT2D eigenvalue weighted by Gasteiger charge is 2.35. The van der Waals surface area contributed by atoms with E-state index in [-0.39, 0.29) is 38.4 Å². The standard InChI is InChI=1S/C20H36F2N2O3/c21-20(22)13-16-24(17-14-20)19(27)23-15-11-9-7-5-3-1-2-4-6-8-10-12-18(25)26/h1-17H2,(H,23,27)(H,25,26). The van der Waals surface area contributed by atoms with Gasteiger partial charge in [-0.3, -0.25) is 4.79 Å². The number of carboxylic acid groups (broad SMARTS) is 1. The molecule has 27 heavy (non-hydrogen) atoms. The molecule has 1 rings (SSSR count). The van der Waals surface area contributed by atoms with Gasteiger partial charge in [0.2, 0.25) is 0 Å². The van der Waals surface area contributed by atoms with Crippen LogP contribution in [0.2, 0.25) is 0 Å². The highest BCUT2D eigenvalue weighted by Crippen LogP contribution is 2.27. The fourth-order valence-corrected chi connectivity index (χ4v) is 3.34. The molecule has 0 aliphatic carbocycles. The zero-order valence-electron chi connectivity index (χ0n) is 16.5. The molecule has 0 saturated carbocycles. The number of alkyl halides is 2. The number of carbonyl (C=O) groups excluding carboxylic acids is 1. The molecule has 0 aromatic carbocycles. The lowest BCUT2D eigenvalue weighted by Gasteiger charge is -2.31. The number of likely N-dealkylation sites (tertiary alicyclic amines) is 1. The van der Waals surface area contributed by atoms with E-state index in [1.165, 1.54) is 37.0 Å². The maximum atomic E-state index is 13.1. The number of piperidine rings is 1. The Labute approximate surface area is 161 Å². The summed E-state index contributed by atoms with van der Waals surface area (Å²) in [6, 6.07) is -0.214. The molecule has 7 heteroatoms. The molecule has 1 heterocycles. The van der Waals surface area contributed by atoms with Gasteiger partial charge in [-0.15, -0.1) is 0 Å². The van der Waals surface area contributed by atoms with Gasteiger partial charge < -0.3 is 15.3 Å². The van der Waals surface area contributed by atoms with E-state index in [1.54, 1.807) is 0 Å². The molecule has 0 bridgehead atoms. The van der Waals surface area contributed by atoms with Gasteiger partial charge in [0.05, 0.1) is 0 Å². The Morgan fingerprint density at radius 1 is 0.815 bits per heavy atom. The van der Waals surface area contributed by atoms with E-state index < -0.39 is 11.9 Å². The number of halogens is 2. The molecule has 1 aliphatic heterocycles. The number of nitrogens with zero attached hydrogens (tertiary/aromatic N) is 1. The number of hydrogen-bond acceptors (Lipinski definition) is 2. The second-order valence-corrected chi connectivity index (χ2v) is 7.61. The first-order valence-electron chi connectivity index (χ1n) is 10.5. The normalized spacial score (nSPS) is 16.3. The highest BCUT2D eigenvalue weighted by molar-refractivity contribution is 5.74. The third-order valence-electron chi connectivity index (χ3n) is 5.13. The van der Waals surface area contributed by atoms with Gasteiger partial charge in [-0.25, -0.2) is 13.6 Å². The summed E-state index contributed by atoms with van der Waals surface area (Å²) >= 11 is 0. The van der Waals surface area contributed by atoms with Crippen molar-refractivity contribution in [3.8, 4) is 0 Å². The van der Waals surface area contributed by atoms with E-state index in [0.29, 0.717) is 6.54 Å².